The van der Waals surface area contributed by atoms with Crippen molar-refractivity contribution in [1.29, 1.82) is 0 Å². The molecule has 0 aliphatic carbocycles. The van der Waals surface area contributed by atoms with E-state index < -0.39 is 0 Å². The number of halogens is 1. The van der Waals surface area contributed by atoms with Crippen molar-refractivity contribution in [3.63, 3.8) is 0 Å². The van der Waals surface area contributed by atoms with Gasteiger partial charge in [0.05, 0.1) is 13.0 Å². The van der Waals surface area contributed by atoms with E-state index in [0.29, 0.717) is 12.5 Å². The first-order valence-electron chi connectivity index (χ1n) is 9.16. The average Bonchev–Trinajstić information content (AvgIpc) is 3.04. The predicted molar refractivity (Wildman–Crippen MR) is 114 cm³/mol. The molecule has 7 nitrogen and oxygen atoms in total. The molecule has 8 heteroatoms. The smallest absolute Gasteiger partial charge is 0.308 e. The third kappa shape index (κ3) is 6.44. The maximum Gasteiger partial charge on any atom is 0.308 e. The van der Waals surface area contributed by atoms with Crippen LogP contribution in [0.5, 0.6) is 0 Å². The molecule has 2 rings (SSSR count). The van der Waals surface area contributed by atoms with Crippen molar-refractivity contribution in [2.45, 2.75) is 46.7 Å². The number of nitrogens with one attached hydrogen (secondary N) is 1. The summed E-state index contributed by atoms with van der Waals surface area (Å²) in [6.07, 6.45) is 5.46. The number of hydrogen-bond donors (Lipinski definition) is 1. The van der Waals surface area contributed by atoms with Gasteiger partial charge in [-0.2, -0.15) is 0 Å². The monoisotopic (exact) mass is 477 g/mol. The van der Waals surface area contributed by atoms with Gasteiger partial charge in [-0.15, -0.1) is 24.0 Å². The third-order valence-corrected chi connectivity index (χ3v) is 4.40. The molecule has 1 aliphatic rings. The van der Waals surface area contributed by atoms with Crippen molar-refractivity contribution in [2.24, 2.45) is 16.8 Å². The highest BCUT2D eigenvalue weighted by Gasteiger charge is 2.27. The molecule has 0 amide bonds. The minimum atomic E-state index is -0.0997. The van der Waals surface area contributed by atoms with Gasteiger partial charge in [0.15, 0.2) is 5.96 Å². The second-order valence-corrected chi connectivity index (χ2v) is 6.84. The summed E-state index contributed by atoms with van der Waals surface area (Å²) in [6, 6.07) is 0. The Kier molecular flexibility index (Phi) is 9.97. The summed E-state index contributed by atoms with van der Waals surface area (Å²) in [6.45, 7) is 10.4. The van der Waals surface area contributed by atoms with Crippen LogP contribution in [0.2, 0.25) is 0 Å². The van der Waals surface area contributed by atoms with Gasteiger partial charge in [-0.05, 0) is 25.7 Å². The highest BCUT2D eigenvalue weighted by molar-refractivity contribution is 14.0. The molecule has 1 N–H and O–H groups in total. The number of esters is 1. The summed E-state index contributed by atoms with van der Waals surface area (Å²) in [5.74, 6) is 2.35. The van der Waals surface area contributed by atoms with Gasteiger partial charge < -0.3 is 19.5 Å². The van der Waals surface area contributed by atoms with E-state index in [2.05, 4.69) is 40.5 Å². The second-order valence-electron chi connectivity index (χ2n) is 6.84. The van der Waals surface area contributed by atoms with E-state index >= 15 is 0 Å². The van der Waals surface area contributed by atoms with E-state index in [1.807, 2.05) is 12.4 Å². The Bertz CT molecular complexity index is 580. The van der Waals surface area contributed by atoms with Crippen LogP contribution in [-0.4, -0.2) is 53.1 Å². The number of methoxy groups -OCH3 is 1. The fourth-order valence-electron chi connectivity index (χ4n) is 3.12. The molecule has 0 spiro atoms. The second kappa shape index (κ2) is 11.4. The molecule has 1 aliphatic heterocycles. The van der Waals surface area contributed by atoms with Gasteiger partial charge in [-0.3, -0.25) is 4.79 Å². The zero-order valence-corrected chi connectivity index (χ0v) is 18.6. The number of aliphatic imine (C=N–C) groups is 1. The maximum absolute atomic E-state index is 11.7. The molecule has 1 aromatic rings. The Morgan fingerprint density at radius 3 is 2.69 bits per heavy atom. The lowest BCUT2D eigenvalue weighted by atomic mass is 9.97. The third-order valence-electron chi connectivity index (χ3n) is 4.40. The zero-order valence-electron chi connectivity index (χ0n) is 16.3. The fraction of sp³-hybridized carbons (Fsp3) is 0.722. The molecule has 1 saturated heterocycles. The normalized spacial score (nSPS) is 15.7. The van der Waals surface area contributed by atoms with E-state index in [4.69, 9.17) is 9.73 Å². The first-order chi connectivity index (χ1) is 12.0. The van der Waals surface area contributed by atoms with Crippen molar-refractivity contribution in [2.75, 3.05) is 26.7 Å². The molecule has 0 atom stereocenters. The molecule has 0 aromatic carbocycles. The van der Waals surface area contributed by atoms with E-state index in [1.165, 1.54) is 7.11 Å². The molecular weight excluding hydrogens is 445 g/mol. The SMILES string of the molecule is CCNC(=NCc1nccn1CC(C)C)N1CCC(C(=O)OC)CC1.I. The first kappa shape index (κ1) is 22.7. The van der Waals surface area contributed by atoms with Gasteiger partial charge in [0.1, 0.15) is 12.4 Å². The molecule has 1 aromatic heterocycles. The number of hydrogen-bond acceptors (Lipinski definition) is 4. The number of aromatic nitrogens is 2. The molecule has 0 bridgehead atoms. The summed E-state index contributed by atoms with van der Waals surface area (Å²) < 4.78 is 7.03. The molecule has 2 heterocycles. The van der Waals surface area contributed by atoms with Crippen molar-refractivity contribution < 1.29 is 9.53 Å². The van der Waals surface area contributed by atoms with Crippen molar-refractivity contribution in [1.82, 2.24) is 19.8 Å². The van der Waals surface area contributed by atoms with E-state index in [1.54, 1.807) is 0 Å². The van der Waals surface area contributed by atoms with Crippen LogP contribution in [0.4, 0.5) is 0 Å². The predicted octanol–water partition coefficient (Wildman–Crippen LogP) is 2.51. The standard InChI is InChI=1S/C18H31N5O2.HI/c1-5-19-18(22-9-6-15(7-10-22)17(24)25-4)21-12-16-20-8-11-23(16)13-14(2)3;/h8,11,14-15H,5-7,9-10,12-13H2,1-4H3,(H,19,21);1H. The summed E-state index contributed by atoms with van der Waals surface area (Å²) >= 11 is 0. The Morgan fingerprint density at radius 1 is 1.42 bits per heavy atom. The van der Waals surface area contributed by atoms with Crippen LogP contribution in [0.25, 0.3) is 0 Å². The Hall–Kier alpha value is -1.32. The van der Waals surface area contributed by atoms with Crippen LogP contribution in [0.3, 0.4) is 0 Å². The quantitative estimate of drug-likeness (QED) is 0.295. The number of guanidine groups is 1. The summed E-state index contributed by atoms with van der Waals surface area (Å²) in [4.78, 5) is 23.1. The van der Waals surface area contributed by atoms with E-state index in [0.717, 1.165) is 50.8 Å². The number of imidazole rings is 1. The summed E-state index contributed by atoms with van der Waals surface area (Å²) in [5.41, 5.74) is 0. The molecule has 148 valence electrons. The van der Waals surface area contributed by atoms with Crippen LogP contribution in [-0.2, 0) is 22.6 Å². The highest BCUT2D eigenvalue weighted by Crippen LogP contribution is 2.18. The van der Waals surface area contributed by atoms with Crippen molar-refractivity contribution in [3.05, 3.63) is 18.2 Å². The first-order valence-corrected chi connectivity index (χ1v) is 9.16. The van der Waals surface area contributed by atoms with Crippen LogP contribution in [0, 0.1) is 11.8 Å². The molecule has 0 radical (unpaired) electrons. The molecule has 26 heavy (non-hydrogen) atoms. The molecule has 0 saturated carbocycles. The van der Waals surface area contributed by atoms with Crippen LogP contribution >= 0.6 is 24.0 Å². The van der Waals surface area contributed by atoms with Gasteiger partial charge in [0.2, 0.25) is 0 Å². The number of nitrogens with zero attached hydrogens (tertiary/aromatic N) is 4. The van der Waals surface area contributed by atoms with Crippen LogP contribution in [0.15, 0.2) is 17.4 Å². The average molecular weight is 477 g/mol. The van der Waals surface area contributed by atoms with Gasteiger partial charge in [-0.1, -0.05) is 13.8 Å². The Morgan fingerprint density at radius 2 is 2.12 bits per heavy atom. The van der Waals surface area contributed by atoms with Gasteiger partial charge in [-0.25, -0.2) is 9.98 Å². The number of likely N-dealkylation sites (tertiary alicyclic amines) is 1. The summed E-state index contributed by atoms with van der Waals surface area (Å²) in [7, 11) is 1.46. The number of piperidine rings is 1. The Balaban J connectivity index is 0.00000338. The fourth-order valence-corrected chi connectivity index (χ4v) is 3.12. The minimum Gasteiger partial charge on any atom is -0.469 e. The summed E-state index contributed by atoms with van der Waals surface area (Å²) in [5, 5.41) is 3.36. The number of ether oxygens (including phenoxy) is 1. The van der Waals surface area contributed by atoms with Crippen molar-refractivity contribution >= 4 is 35.9 Å². The van der Waals surface area contributed by atoms with Crippen LogP contribution < -0.4 is 5.32 Å². The number of carbonyl (C=O) groups excluding carboxylic acids is 1. The molecule has 0 unspecified atom stereocenters. The number of carbonyl (C=O) groups is 1. The lowest BCUT2D eigenvalue weighted by Gasteiger charge is -2.33. The molecular formula is C18H32IN5O2. The van der Waals surface area contributed by atoms with Gasteiger partial charge >= 0.3 is 5.97 Å². The zero-order chi connectivity index (χ0) is 18.2. The maximum atomic E-state index is 11.7. The van der Waals surface area contributed by atoms with Gasteiger partial charge in [0, 0.05) is 38.6 Å². The Labute approximate surface area is 173 Å². The number of rotatable bonds is 6. The highest BCUT2D eigenvalue weighted by atomic mass is 127. The largest absolute Gasteiger partial charge is 0.469 e. The lowest BCUT2D eigenvalue weighted by Crippen LogP contribution is -2.46. The molecule has 1 fully saturated rings. The van der Waals surface area contributed by atoms with E-state index in [9.17, 15) is 4.79 Å². The lowest BCUT2D eigenvalue weighted by molar-refractivity contribution is -0.146. The van der Waals surface area contributed by atoms with Crippen LogP contribution in [0.1, 0.15) is 39.4 Å². The van der Waals surface area contributed by atoms with E-state index in [-0.39, 0.29) is 35.9 Å². The van der Waals surface area contributed by atoms with Crippen molar-refractivity contribution in [3.8, 4) is 0 Å². The topological polar surface area (TPSA) is 71.8 Å². The minimum absolute atomic E-state index is 0. The van der Waals surface area contributed by atoms with Gasteiger partial charge in [0.25, 0.3) is 0 Å².